The summed E-state index contributed by atoms with van der Waals surface area (Å²) in [5.41, 5.74) is 7.03. The molecule has 9 aromatic rings. The molecule has 4 aromatic carbocycles. The van der Waals surface area contributed by atoms with Crippen molar-refractivity contribution in [3.8, 4) is 22.3 Å². The number of furan rings is 1. The maximum atomic E-state index is 6.73. The summed E-state index contributed by atoms with van der Waals surface area (Å²) in [7, 11) is 0. The molecule has 5 aromatic heterocycles. The molecule has 0 unspecified atom stereocenters. The van der Waals surface area contributed by atoms with E-state index in [9.17, 15) is 0 Å². The number of rotatable bonds is 2. The average Bonchev–Trinajstić information content (AvgIpc) is 3.74. The Labute approximate surface area is 227 Å². The molecule has 0 saturated heterocycles. The highest BCUT2D eigenvalue weighted by Crippen LogP contribution is 2.49. The predicted octanol–water partition coefficient (Wildman–Crippen LogP) is 11.8. The molecule has 0 aliphatic heterocycles. The fraction of sp³-hybridized carbons (Fsp3) is 0. The van der Waals surface area contributed by atoms with Crippen molar-refractivity contribution < 1.29 is 4.42 Å². The van der Waals surface area contributed by atoms with E-state index in [1.54, 1.807) is 0 Å². The summed E-state index contributed by atoms with van der Waals surface area (Å²) in [6.45, 7) is 0. The first-order valence-electron chi connectivity index (χ1n) is 12.0. The molecule has 1 nitrogen and oxygen atoms in total. The molecule has 0 N–H and O–H groups in total. The van der Waals surface area contributed by atoms with Gasteiger partial charge in [0.25, 0.3) is 0 Å². The Bertz CT molecular complexity index is 2150. The van der Waals surface area contributed by atoms with Crippen LogP contribution < -0.4 is 0 Å². The van der Waals surface area contributed by atoms with Gasteiger partial charge in [-0.3, -0.25) is 0 Å². The van der Waals surface area contributed by atoms with Gasteiger partial charge in [-0.15, -0.1) is 45.3 Å². The summed E-state index contributed by atoms with van der Waals surface area (Å²) < 4.78 is 12.0. The van der Waals surface area contributed by atoms with Gasteiger partial charge in [-0.25, -0.2) is 0 Å². The van der Waals surface area contributed by atoms with Gasteiger partial charge in [0.15, 0.2) is 0 Å². The van der Waals surface area contributed by atoms with Crippen molar-refractivity contribution in [1.82, 2.24) is 0 Å². The first-order chi connectivity index (χ1) is 18.3. The Morgan fingerprint density at radius 1 is 0.459 bits per heavy atom. The van der Waals surface area contributed by atoms with Gasteiger partial charge in [0, 0.05) is 62.2 Å². The van der Waals surface area contributed by atoms with E-state index < -0.39 is 0 Å². The van der Waals surface area contributed by atoms with Crippen molar-refractivity contribution in [3.05, 3.63) is 94.3 Å². The Morgan fingerprint density at radius 2 is 0.946 bits per heavy atom. The van der Waals surface area contributed by atoms with Crippen LogP contribution in [0.3, 0.4) is 0 Å². The number of thiophene rings is 4. The van der Waals surface area contributed by atoms with Crippen LogP contribution in [0.5, 0.6) is 0 Å². The first-order valence-corrected chi connectivity index (χ1v) is 15.6. The Balaban J connectivity index is 1.40. The van der Waals surface area contributed by atoms with Crippen LogP contribution in [0, 0.1) is 0 Å². The standard InChI is InChI=1S/C32H16OS4/c1-3-7-27-17(5-1)23(15-36-27)21-13-25-29(31-19(21)9-11-34-31)30-26(33-25)14-22(20-10-12-35-32(20)30)24-16-37-28-8-4-2-6-18(24)28/h1-16H. The lowest BCUT2D eigenvalue weighted by Crippen LogP contribution is -1.80. The normalized spacial score (nSPS) is 12.3. The second-order valence-electron chi connectivity index (χ2n) is 9.31. The van der Waals surface area contributed by atoms with E-state index in [0.29, 0.717) is 0 Å². The van der Waals surface area contributed by atoms with Crippen molar-refractivity contribution >= 4 is 108 Å². The van der Waals surface area contributed by atoms with Crippen LogP contribution in [-0.4, -0.2) is 0 Å². The minimum Gasteiger partial charge on any atom is -0.456 e. The highest BCUT2D eigenvalue weighted by Gasteiger charge is 2.22. The van der Waals surface area contributed by atoms with Crippen molar-refractivity contribution in [2.75, 3.05) is 0 Å². The number of hydrogen-bond acceptors (Lipinski definition) is 5. The van der Waals surface area contributed by atoms with E-state index >= 15 is 0 Å². The number of hydrogen-bond donors (Lipinski definition) is 0. The zero-order valence-corrected chi connectivity index (χ0v) is 22.5. The van der Waals surface area contributed by atoms with Crippen LogP contribution in [0.2, 0.25) is 0 Å². The minimum atomic E-state index is 0.970. The van der Waals surface area contributed by atoms with E-state index in [1.807, 2.05) is 45.3 Å². The van der Waals surface area contributed by atoms with Crippen LogP contribution in [-0.2, 0) is 0 Å². The molecular weight excluding hydrogens is 529 g/mol. The van der Waals surface area contributed by atoms with E-state index in [1.165, 1.54) is 73.4 Å². The SMILES string of the molecule is c1ccc2c(-c3cc4oc5cc(-c6csc7ccccc67)c6ccsc6c5c4c4sccc34)csc2c1. The van der Waals surface area contributed by atoms with Gasteiger partial charge >= 0.3 is 0 Å². The lowest BCUT2D eigenvalue weighted by Gasteiger charge is -2.05. The van der Waals surface area contributed by atoms with Gasteiger partial charge in [0.05, 0.1) is 0 Å². The Hall–Kier alpha value is -3.48. The topological polar surface area (TPSA) is 13.1 Å². The fourth-order valence-corrected chi connectivity index (χ4v) is 9.64. The third kappa shape index (κ3) is 2.77. The van der Waals surface area contributed by atoms with Crippen LogP contribution in [0.4, 0.5) is 0 Å². The van der Waals surface area contributed by atoms with Crippen LogP contribution in [0.15, 0.2) is 98.7 Å². The van der Waals surface area contributed by atoms with Gasteiger partial charge in [-0.2, -0.15) is 0 Å². The third-order valence-corrected chi connectivity index (χ3v) is 11.2. The monoisotopic (exact) mass is 544 g/mol. The summed E-state index contributed by atoms with van der Waals surface area (Å²) in [5, 5.41) is 16.8. The average molecular weight is 545 g/mol. The van der Waals surface area contributed by atoms with Gasteiger partial charge in [-0.05, 0) is 69.0 Å². The number of fused-ring (bicyclic) bond motifs is 9. The summed E-state index contributed by atoms with van der Waals surface area (Å²) in [4.78, 5) is 0. The maximum Gasteiger partial charge on any atom is 0.137 e. The molecule has 0 fully saturated rings. The predicted molar refractivity (Wildman–Crippen MR) is 166 cm³/mol. The largest absolute Gasteiger partial charge is 0.456 e. The van der Waals surface area contributed by atoms with Crippen molar-refractivity contribution in [3.63, 3.8) is 0 Å². The molecule has 0 aliphatic rings. The summed E-state index contributed by atoms with van der Waals surface area (Å²) >= 11 is 7.26. The molecule has 0 saturated carbocycles. The van der Waals surface area contributed by atoms with Crippen molar-refractivity contribution in [2.24, 2.45) is 0 Å². The van der Waals surface area contributed by atoms with E-state index in [-0.39, 0.29) is 0 Å². The molecule has 0 aliphatic carbocycles. The second kappa shape index (κ2) is 7.53. The van der Waals surface area contributed by atoms with Crippen molar-refractivity contribution in [1.29, 1.82) is 0 Å². The zero-order chi connectivity index (χ0) is 24.1. The van der Waals surface area contributed by atoms with E-state index in [2.05, 4.69) is 94.3 Å². The maximum absolute atomic E-state index is 6.73. The Kier molecular flexibility index (Phi) is 4.18. The molecule has 9 rings (SSSR count). The lowest BCUT2D eigenvalue weighted by atomic mass is 9.97. The minimum absolute atomic E-state index is 0.970. The van der Waals surface area contributed by atoms with Gasteiger partial charge in [-0.1, -0.05) is 36.4 Å². The van der Waals surface area contributed by atoms with Crippen LogP contribution >= 0.6 is 45.3 Å². The smallest absolute Gasteiger partial charge is 0.137 e. The van der Waals surface area contributed by atoms with E-state index in [4.69, 9.17) is 4.42 Å². The fourth-order valence-electron chi connectivity index (χ4n) is 5.79. The van der Waals surface area contributed by atoms with Crippen LogP contribution in [0.1, 0.15) is 0 Å². The number of benzene rings is 4. The molecule has 0 amide bonds. The van der Waals surface area contributed by atoms with Gasteiger partial charge < -0.3 is 4.42 Å². The van der Waals surface area contributed by atoms with Gasteiger partial charge in [0.1, 0.15) is 11.2 Å². The van der Waals surface area contributed by atoms with Crippen molar-refractivity contribution in [2.45, 2.75) is 0 Å². The molecule has 0 atom stereocenters. The highest BCUT2D eigenvalue weighted by molar-refractivity contribution is 7.20. The molecule has 5 heteroatoms. The molecular formula is C32H16OS4. The van der Waals surface area contributed by atoms with Gasteiger partial charge in [0.2, 0.25) is 0 Å². The third-order valence-electron chi connectivity index (χ3n) is 7.42. The quantitative estimate of drug-likeness (QED) is 0.211. The summed E-state index contributed by atoms with van der Waals surface area (Å²) in [6.07, 6.45) is 0. The molecule has 174 valence electrons. The summed E-state index contributed by atoms with van der Waals surface area (Å²) in [5.74, 6) is 0. The van der Waals surface area contributed by atoms with Crippen LogP contribution in [0.25, 0.3) is 84.5 Å². The highest BCUT2D eigenvalue weighted by atomic mass is 32.1. The zero-order valence-electron chi connectivity index (χ0n) is 19.3. The Morgan fingerprint density at radius 3 is 1.46 bits per heavy atom. The second-order valence-corrected chi connectivity index (χ2v) is 13.0. The summed E-state index contributed by atoms with van der Waals surface area (Å²) in [6, 6.07) is 26.5. The molecule has 5 heterocycles. The molecule has 37 heavy (non-hydrogen) atoms. The molecule has 0 spiro atoms. The van der Waals surface area contributed by atoms with E-state index in [0.717, 1.165) is 11.2 Å². The molecule has 0 radical (unpaired) electrons. The first kappa shape index (κ1) is 20.6. The lowest BCUT2D eigenvalue weighted by molar-refractivity contribution is 0.670. The molecule has 0 bridgehead atoms.